The lowest BCUT2D eigenvalue weighted by atomic mass is 10.0. The molecular weight excluding hydrogens is 449 g/mol. The Bertz CT molecular complexity index is 1260. The van der Waals surface area contributed by atoms with Crippen LogP contribution in [-0.2, 0) is 25.7 Å². The number of halogens is 4. The number of para-hydroxylation sites is 1. The van der Waals surface area contributed by atoms with E-state index >= 15 is 0 Å². The van der Waals surface area contributed by atoms with Crippen molar-refractivity contribution < 1.29 is 13.2 Å². The van der Waals surface area contributed by atoms with Crippen molar-refractivity contribution in [1.29, 1.82) is 0 Å². The van der Waals surface area contributed by atoms with Gasteiger partial charge in [0.2, 0.25) is 5.95 Å². The number of fused-ring (bicyclic) bond motifs is 2. The van der Waals surface area contributed by atoms with Crippen LogP contribution in [0.25, 0.3) is 10.9 Å². The Kier molecular flexibility index (Phi) is 6.42. The van der Waals surface area contributed by atoms with E-state index in [1.165, 1.54) is 23.3 Å². The molecule has 0 unspecified atom stereocenters. The number of alkyl halides is 3. The lowest BCUT2D eigenvalue weighted by molar-refractivity contribution is -0.137. The van der Waals surface area contributed by atoms with Crippen molar-refractivity contribution in [3.8, 4) is 0 Å². The van der Waals surface area contributed by atoms with Crippen LogP contribution in [0.4, 0.5) is 24.9 Å². The van der Waals surface area contributed by atoms with Gasteiger partial charge in [-0.2, -0.15) is 18.2 Å². The zero-order valence-electron chi connectivity index (χ0n) is 17.6. The minimum atomic E-state index is -4.34. The highest BCUT2D eigenvalue weighted by Gasteiger charge is 2.29. The Morgan fingerprint density at radius 3 is 2.30 bits per heavy atom. The van der Waals surface area contributed by atoms with Crippen molar-refractivity contribution >= 4 is 35.1 Å². The largest absolute Gasteiger partial charge is 0.416 e. The summed E-state index contributed by atoms with van der Waals surface area (Å²) >= 11 is 0. The minimum absolute atomic E-state index is 0. The zero-order chi connectivity index (χ0) is 22.1. The van der Waals surface area contributed by atoms with Crippen molar-refractivity contribution in [2.45, 2.75) is 25.7 Å². The molecule has 5 rings (SSSR count). The van der Waals surface area contributed by atoms with E-state index in [0.717, 1.165) is 48.1 Å². The van der Waals surface area contributed by atoms with Crippen LogP contribution in [0.15, 0.2) is 72.8 Å². The predicted octanol–water partition coefficient (Wildman–Crippen LogP) is 6.25. The van der Waals surface area contributed by atoms with Crippen molar-refractivity contribution in [3.63, 3.8) is 0 Å². The fourth-order valence-electron chi connectivity index (χ4n) is 4.00. The van der Waals surface area contributed by atoms with E-state index in [9.17, 15) is 13.2 Å². The molecule has 4 aromatic rings. The molecule has 0 saturated heterocycles. The Morgan fingerprint density at radius 2 is 1.55 bits per heavy atom. The smallest absolute Gasteiger partial charge is 0.365 e. The molecule has 170 valence electrons. The maximum Gasteiger partial charge on any atom is 0.416 e. The second kappa shape index (κ2) is 9.27. The lowest BCUT2D eigenvalue weighted by Gasteiger charge is -2.29. The number of nitrogens with one attached hydrogen (secondary N) is 1. The molecule has 4 nitrogen and oxygen atoms in total. The lowest BCUT2D eigenvalue weighted by Crippen LogP contribution is -2.31. The monoisotopic (exact) mass is 470 g/mol. The quantitative estimate of drug-likeness (QED) is 0.383. The Hall–Kier alpha value is -3.32. The van der Waals surface area contributed by atoms with E-state index in [4.69, 9.17) is 9.97 Å². The zero-order valence-corrected chi connectivity index (χ0v) is 18.5. The highest BCUT2D eigenvalue weighted by molar-refractivity contribution is 5.90. The Labute approximate surface area is 195 Å². The second-order valence-corrected chi connectivity index (χ2v) is 7.88. The van der Waals surface area contributed by atoms with Crippen LogP contribution in [0, 0.1) is 0 Å². The fourth-order valence-corrected chi connectivity index (χ4v) is 4.00. The van der Waals surface area contributed by atoms with Gasteiger partial charge in [0.25, 0.3) is 0 Å². The molecule has 1 aliphatic rings. The second-order valence-electron chi connectivity index (χ2n) is 7.88. The molecule has 8 heteroatoms. The first kappa shape index (κ1) is 22.9. The van der Waals surface area contributed by atoms with E-state index in [1.54, 1.807) is 0 Å². The maximum atomic E-state index is 12.8. The Balaban J connectivity index is 0.00000259. The van der Waals surface area contributed by atoms with Gasteiger partial charge in [0.1, 0.15) is 5.82 Å². The van der Waals surface area contributed by atoms with Gasteiger partial charge in [0, 0.05) is 25.0 Å². The molecule has 0 fully saturated rings. The average molecular weight is 471 g/mol. The summed E-state index contributed by atoms with van der Waals surface area (Å²) in [5.41, 5.74) is 3.54. The standard InChI is InChI=1S/C25H21F3N4.ClH/c26-25(27,28)20-11-9-17(10-12-20)15-29-23-21-7-3-4-8-22(21)30-24(31-23)32-14-13-18-5-1-2-6-19(18)16-32;/h1-12H,13-16H2,(H,29,30,31);1H. The van der Waals surface area contributed by atoms with Crippen molar-refractivity contribution in [3.05, 3.63) is 95.1 Å². The number of anilines is 2. The number of nitrogens with zero attached hydrogens (tertiary/aromatic N) is 3. The van der Waals surface area contributed by atoms with Gasteiger partial charge >= 0.3 is 6.18 Å². The van der Waals surface area contributed by atoms with Crippen LogP contribution < -0.4 is 10.2 Å². The maximum absolute atomic E-state index is 12.8. The molecule has 0 radical (unpaired) electrons. The summed E-state index contributed by atoms with van der Waals surface area (Å²) in [6, 6.07) is 21.3. The first-order valence-electron chi connectivity index (χ1n) is 10.5. The van der Waals surface area contributed by atoms with E-state index in [-0.39, 0.29) is 12.4 Å². The summed E-state index contributed by atoms with van der Waals surface area (Å²) in [5.74, 6) is 1.32. The van der Waals surface area contributed by atoms with Gasteiger partial charge in [-0.3, -0.25) is 0 Å². The van der Waals surface area contributed by atoms with Gasteiger partial charge in [-0.1, -0.05) is 48.5 Å². The molecule has 1 aromatic heterocycles. The van der Waals surface area contributed by atoms with E-state index in [2.05, 4.69) is 28.4 Å². The van der Waals surface area contributed by atoms with Gasteiger partial charge < -0.3 is 10.2 Å². The van der Waals surface area contributed by atoms with E-state index in [1.807, 2.05) is 30.3 Å². The summed E-state index contributed by atoms with van der Waals surface area (Å²) < 4.78 is 38.5. The number of hydrogen-bond donors (Lipinski definition) is 1. The van der Waals surface area contributed by atoms with Crippen LogP contribution in [0.5, 0.6) is 0 Å². The first-order valence-corrected chi connectivity index (χ1v) is 10.5. The summed E-state index contributed by atoms with van der Waals surface area (Å²) in [6.45, 7) is 1.93. The van der Waals surface area contributed by atoms with Gasteiger partial charge in [-0.05, 0) is 47.4 Å². The SMILES string of the molecule is Cl.FC(F)(F)c1ccc(CNc2nc(N3CCc4ccccc4C3)nc3ccccc23)cc1. The fraction of sp³-hybridized carbons (Fsp3) is 0.200. The third-order valence-electron chi connectivity index (χ3n) is 5.75. The molecule has 0 bridgehead atoms. The molecule has 0 amide bonds. The molecule has 33 heavy (non-hydrogen) atoms. The summed E-state index contributed by atoms with van der Waals surface area (Å²) in [7, 11) is 0. The number of hydrogen-bond acceptors (Lipinski definition) is 4. The van der Waals surface area contributed by atoms with Gasteiger partial charge in [-0.15, -0.1) is 12.4 Å². The highest BCUT2D eigenvalue weighted by atomic mass is 35.5. The third-order valence-corrected chi connectivity index (χ3v) is 5.75. The molecule has 0 spiro atoms. The van der Waals surface area contributed by atoms with E-state index < -0.39 is 11.7 Å². The Morgan fingerprint density at radius 1 is 0.848 bits per heavy atom. The summed E-state index contributed by atoms with van der Waals surface area (Å²) in [6.07, 6.45) is -3.41. The molecule has 1 aliphatic heterocycles. The van der Waals surface area contributed by atoms with Crippen molar-refractivity contribution in [1.82, 2.24) is 9.97 Å². The average Bonchev–Trinajstić information content (AvgIpc) is 2.81. The molecular formula is C25H22ClF3N4. The molecule has 0 atom stereocenters. The minimum Gasteiger partial charge on any atom is -0.365 e. The van der Waals surface area contributed by atoms with Crippen LogP contribution in [0.1, 0.15) is 22.3 Å². The highest BCUT2D eigenvalue weighted by Crippen LogP contribution is 2.30. The molecule has 0 saturated carbocycles. The molecule has 3 aromatic carbocycles. The number of benzene rings is 3. The van der Waals surface area contributed by atoms with Gasteiger partial charge in [-0.25, -0.2) is 4.98 Å². The van der Waals surface area contributed by atoms with Crippen molar-refractivity contribution in [2.75, 3.05) is 16.8 Å². The van der Waals surface area contributed by atoms with Gasteiger partial charge in [0.05, 0.1) is 11.1 Å². The normalized spacial score (nSPS) is 13.4. The molecule has 1 N–H and O–H groups in total. The predicted molar refractivity (Wildman–Crippen MR) is 127 cm³/mol. The van der Waals surface area contributed by atoms with Crippen LogP contribution in [0.2, 0.25) is 0 Å². The van der Waals surface area contributed by atoms with Crippen LogP contribution in [-0.4, -0.2) is 16.5 Å². The van der Waals surface area contributed by atoms with E-state index in [0.29, 0.717) is 18.3 Å². The summed E-state index contributed by atoms with van der Waals surface area (Å²) in [4.78, 5) is 11.7. The first-order chi connectivity index (χ1) is 15.5. The summed E-state index contributed by atoms with van der Waals surface area (Å²) in [5, 5.41) is 4.18. The van der Waals surface area contributed by atoms with Crippen LogP contribution >= 0.6 is 12.4 Å². The van der Waals surface area contributed by atoms with Gasteiger partial charge in [0.15, 0.2) is 0 Å². The van der Waals surface area contributed by atoms with Crippen molar-refractivity contribution in [2.24, 2.45) is 0 Å². The molecule has 2 heterocycles. The van der Waals surface area contributed by atoms with Crippen LogP contribution in [0.3, 0.4) is 0 Å². The number of rotatable bonds is 4. The number of aromatic nitrogens is 2. The third kappa shape index (κ3) is 4.88. The topological polar surface area (TPSA) is 41.1 Å². The molecule has 0 aliphatic carbocycles.